The fourth-order valence-corrected chi connectivity index (χ4v) is 4.15. The third-order valence-corrected chi connectivity index (χ3v) is 6.53. The van der Waals surface area contributed by atoms with E-state index in [1.54, 1.807) is 13.8 Å². The largest absolute Gasteiger partial charge is 0.308 e. The van der Waals surface area contributed by atoms with E-state index >= 15 is 0 Å². The Labute approximate surface area is 111 Å². The molecule has 3 atom stereocenters. The molecule has 1 fully saturated rings. The quantitative estimate of drug-likeness (QED) is 0.864. The smallest absolute Gasteiger partial charge is 0.158 e. The van der Waals surface area contributed by atoms with Crippen molar-refractivity contribution in [2.75, 3.05) is 6.54 Å². The molecular formula is C12H16BrNO2S. The van der Waals surface area contributed by atoms with Crippen LogP contribution in [0.4, 0.5) is 0 Å². The van der Waals surface area contributed by atoms with E-state index in [-0.39, 0.29) is 16.5 Å². The fourth-order valence-electron chi connectivity index (χ4n) is 2.19. The lowest BCUT2D eigenvalue weighted by atomic mass is 10.0. The third kappa shape index (κ3) is 2.41. The minimum absolute atomic E-state index is 0.107. The number of hydrogen-bond acceptors (Lipinski definition) is 3. The molecule has 0 saturated carbocycles. The SMILES string of the molecule is CC1CNC(c2ccc(Br)cc2)C(C)S1(=O)=O. The van der Waals surface area contributed by atoms with Crippen molar-refractivity contribution in [2.45, 2.75) is 30.4 Å². The summed E-state index contributed by atoms with van der Waals surface area (Å²) in [6.07, 6.45) is 0. The number of halogens is 1. The molecule has 94 valence electrons. The third-order valence-electron chi connectivity index (χ3n) is 3.40. The first kappa shape index (κ1) is 13.1. The normalized spacial score (nSPS) is 32.3. The van der Waals surface area contributed by atoms with E-state index in [0.717, 1.165) is 10.0 Å². The van der Waals surface area contributed by atoms with Gasteiger partial charge >= 0.3 is 0 Å². The van der Waals surface area contributed by atoms with Gasteiger partial charge in [0.15, 0.2) is 9.84 Å². The molecule has 3 unspecified atom stereocenters. The van der Waals surface area contributed by atoms with Crippen LogP contribution < -0.4 is 5.32 Å². The summed E-state index contributed by atoms with van der Waals surface area (Å²) in [4.78, 5) is 0. The standard InChI is InChI=1S/C12H16BrNO2S/c1-8-7-14-12(9(2)17(8,15)16)10-3-5-11(13)6-4-10/h3-6,8-9,12,14H,7H2,1-2H3. The van der Waals surface area contributed by atoms with E-state index in [1.807, 2.05) is 24.3 Å². The molecule has 0 aromatic heterocycles. The van der Waals surface area contributed by atoms with Gasteiger partial charge in [0, 0.05) is 17.1 Å². The lowest BCUT2D eigenvalue weighted by molar-refractivity contribution is 0.458. The molecule has 1 aromatic carbocycles. The maximum absolute atomic E-state index is 12.1. The Morgan fingerprint density at radius 3 is 2.41 bits per heavy atom. The second kappa shape index (κ2) is 4.71. The van der Waals surface area contributed by atoms with Crippen LogP contribution in [0.1, 0.15) is 25.5 Å². The van der Waals surface area contributed by atoms with Crippen molar-refractivity contribution in [2.24, 2.45) is 0 Å². The molecule has 1 aromatic rings. The van der Waals surface area contributed by atoms with Crippen molar-refractivity contribution in [1.82, 2.24) is 5.32 Å². The van der Waals surface area contributed by atoms with Gasteiger partial charge < -0.3 is 5.32 Å². The van der Waals surface area contributed by atoms with Crippen molar-refractivity contribution in [3.63, 3.8) is 0 Å². The number of hydrogen-bond donors (Lipinski definition) is 1. The molecule has 1 heterocycles. The van der Waals surface area contributed by atoms with Gasteiger partial charge in [-0.3, -0.25) is 0 Å². The van der Waals surface area contributed by atoms with Gasteiger partial charge in [0.05, 0.1) is 10.5 Å². The highest BCUT2D eigenvalue weighted by molar-refractivity contribution is 9.10. The van der Waals surface area contributed by atoms with Crippen LogP contribution in [-0.4, -0.2) is 25.5 Å². The lowest BCUT2D eigenvalue weighted by Gasteiger charge is -2.34. The van der Waals surface area contributed by atoms with Crippen LogP contribution in [-0.2, 0) is 9.84 Å². The average Bonchev–Trinajstić information content (AvgIpc) is 2.29. The number of sulfone groups is 1. The van der Waals surface area contributed by atoms with E-state index in [1.165, 1.54) is 0 Å². The van der Waals surface area contributed by atoms with Crippen LogP contribution in [0.3, 0.4) is 0 Å². The van der Waals surface area contributed by atoms with Gasteiger partial charge in [-0.05, 0) is 31.5 Å². The second-order valence-corrected chi connectivity index (χ2v) is 8.18. The molecule has 3 nitrogen and oxygen atoms in total. The first-order chi connectivity index (χ1) is 7.93. The minimum Gasteiger partial charge on any atom is -0.308 e. The summed E-state index contributed by atoms with van der Waals surface area (Å²) >= 11 is 3.38. The first-order valence-corrected chi connectivity index (χ1v) is 8.04. The maximum atomic E-state index is 12.1. The predicted octanol–water partition coefficient (Wildman–Crippen LogP) is 2.29. The summed E-state index contributed by atoms with van der Waals surface area (Å²) in [6.45, 7) is 4.06. The van der Waals surface area contributed by atoms with Crippen LogP contribution in [0.25, 0.3) is 0 Å². The molecular weight excluding hydrogens is 302 g/mol. The molecule has 2 rings (SSSR count). The van der Waals surface area contributed by atoms with Crippen LogP contribution in [0.15, 0.2) is 28.7 Å². The molecule has 0 radical (unpaired) electrons. The van der Waals surface area contributed by atoms with Gasteiger partial charge in [-0.15, -0.1) is 0 Å². The van der Waals surface area contributed by atoms with Crippen LogP contribution in [0.5, 0.6) is 0 Å². The topological polar surface area (TPSA) is 46.2 Å². The zero-order chi connectivity index (χ0) is 12.6. The monoisotopic (exact) mass is 317 g/mol. The van der Waals surface area contributed by atoms with Gasteiger partial charge in [-0.25, -0.2) is 8.42 Å². The van der Waals surface area contributed by atoms with E-state index in [9.17, 15) is 8.42 Å². The van der Waals surface area contributed by atoms with Crippen molar-refractivity contribution in [3.8, 4) is 0 Å². The second-order valence-electron chi connectivity index (χ2n) is 4.54. The predicted molar refractivity (Wildman–Crippen MR) is 72.7 cm³/mol. The molecule has 0 spiro atoms. The van der Waals surface area contributed by atoms with Crippen molar-refractivity contribution < 1.29 is 8.42 Å². The molecule has 0 aliphatic carbocycles. The maximum Gasteiger partial charge on any atom is 0.158 e. The van der Waals surface area contributed by atoms with Crippen molar-refractivity contribution in [1.29, 1.82) is 0 Å². The van der Waals surface area contributed by atoms with E-state index in [2.05, 4.69) is 21.2 Å². The molecule has 5 heteroatoms. The van der Waals surface area contributed by atoms with E-state index in [0.29, 0.717) is 6.54 Å². The Morgan fingerprint density at radius 1 is 1.24 bits per heavy atom. The zero-order valence-corrected chi connectivity index (χ0v) is 12.3. The van der Waals surface area contributed by atoms with Gasteiger partial charge in [0.2, 0.25) is 0 Å². The van der Waals surface area contributed by atoms with E-state index in [4.69, 9.17) is 0 Å². The molecule has 1 saturated heterocycles. The molecule has 0 amide bonds. The Balaban J connectivity index is 2.32. The van der Waals surface area contributed by atoms with Crippen molar-refractivity contribution >= 4 is 25.8 Å². The summed E-state index contributed by atoms with van der Waals surface area (Å²) in [7, 11) is -3.02. The summed E-state index contributed by atoms with van der Waals surface area (Å²) in [5.74, 6) is 0. The lowest BCUT2D eigenvalue weighted by Crippen LogP contribution is -2.49. The Morgan fingerprint density at radius 2 is 1.82 bits per heavy atom. The highest BCUT2D eigenvalue weighted by atomic mass is 79.9. The van der Waals surface area contributed by atoms with Gasteiger partial charge in [0.25, 0.3) is 0 Å². The van der Waals surface area contributed by atoms with Gasteiger partial charge in [-0.1, -0.05) is 28.1 Å². The highest BCUT2D eigenvalue weighted by Crippen LogP contribution is 2.29. The summed E-state index contributed by atoms with van der Waals surface area (Å²) < 4.78 is 25.2. The minimum atomic E-state index is -3.02. The molecule has 1 aliphatic rings. The Hall–Kier alpha value is -0.390. The van der Waals surface area contributed by atoms with Crippen molar-refractivity contribution in [3.05, 3.63) is 34.3 Å². The van der Waals surface area contributed by atoms with Crippen LogP contribution in [0.2, 0.25) is 0 Å². The summed E-state index contributed by atoms with van der Waals surface area (Å²) in [5.41, 5.74) is 1.02. The zero-order valence-electron chi connectivity index (χ0n) is 9.85. The molecule has 1 aliphatic heterocycles. The molecule has 1 N–H and O–H groups in total. The highest BCUT2D eigenvalue weighted by Gasteiger charge is 2.38. The molecule has 0 bridgehead atoms. The fraction of sp³-hybridized carbons (Fsp3) is 0.500. The number of rotatable bonds is 1. The Bertz CT molecular complexity index is 498. The van der Waals surface area contributed by atoms with Crippen LogP contribution in [0, 0.1) is 0 Å². The van der Waals surface area contributed by atoms with E-state index < -0.39 is 9.84 Å². The molecule has 17 heavy (non-hydrogen) atoms. The average molecular weight is 318 g/mol. The Kier molecular flexibility index (Phi) is 3.61. The van der Waals surface area contributed by atoms with Crippen LogP contribution >= 0.6 is 15.9 Å². The van der Waals surface area contributed by atoms with Gasteiger partial charge in [-0.2, -0.15) is 0 Å². The number of benzene rings is 1. The first-order valence-electron chi connectivity index (χ1n) is 5.64. The van der Waals surface area contributed by atoms with Gasteiger partial charge in [0.1, 0.15) is 0 Å². The summed E-state index contributed by atoms with van der Waals surface area (Å²) in [6, 6.07) is 7.69. The summed E-state index contributed by atoms with van der Waals surface area (Å²) in [5, 5.41) is 2.63. The number of nitrogens with one attached hydrogen (secondary N) is 1.